The molecule has 0 fully saturated rings. The molecule has 0 atom stereocenters. The van der Waals surface area contributed by atoms with E-state index in [1.165, 1.54) is 22.2 Å². The maximum absolute atomic E-state index is 6.03. The molecule has 0 aliphatic heterocycles. The molecule has 0 radical (unpaired) electrons. The first kappa shape index (κ1) is 19.3. The van der Waals surface area contributed by atoms with E-state index in [-0.39, 0.29) is 0 Å². The third-order valence-corrected chi connectivity index (χ3v) is 5.53. The number of unbranched alkanes of at least 4 members (excludes halogenated alkanes) is 1. The fraction of sp³-hybridized carbons (Fsp3) is 0.269. The Kier molecular flexibility index (Phi) is 5.95. The first-order valence-electron chi connectivity index (χ1n) is 10.4. The fourth-order valence-electron chi connectivity index (χ4n) is 3.72. The van der Waals surface area contributed by atoms with Crippen molar-refractivity contribution in [1.82, 2.24) is 9.55 Å². The fourth-order valence-corrected chi connectivity index (χ4v) is 3.72. The molecule has 4 aromatic rings. The van der Waals surface area contributed by atoms with Gasteiger partial charge in [-0.1, -0.05) is 54.6 Å². The Labute approximate surface area is 173 Å². The SMILES string of the molecule is Cc1cccc(OCCCCn2c(Cc3ccccc3)nc3ccccc32)c1C. The molecule has 3 nitrogen and oxygen atoms in total. The van der Waals surface area contributed by atoms with Gasteiger partial charge in [0.25, 0.3) is 0 Å². The zero-order valence-electron chi connectivity index (χ0n) is 17.3. The third kappa shape index (κ3) is 4.51. The molecule has 3 heteroatoms. The molecule has 29 heavy (non-hydrogen) atoms. The molecule has 0 saturated carbocycles. The Morgan fingerprint density at radius 1 is 0.828 bits per heavy atom. The Morgan fingerprint density at radius 2 is 1.62 bits per heavy atom. The van der Waals surface area contributed by atoms with Gasteiger partial charge in [0.05, 0.1) is 17.6 Å². The quantitative estimate of drug-likeness (QED) is 0.343. The Morgan fingerprint density at radius 3 is 2.48 bits per heavy atom. The lowest BCUT2D eigenvalue weighted by molar-refractivity contribution is 0.301. The van der Waals surface area contributed by atoms with Crippen LogP contribution in [0.5, 0.6) is 5.75 Å². The topological polar surface area (TPSA) is 27.1 Å². The molecule has 0 aliphatic rings. The zero-order chi connectivity index (χ0) is 20.1. The zero-order valence-corrected chi connectivity index (χ0v) is 17.3. The van der Waals surface area contributed by atoms with Gasteiger partial charge < -0.3 is 9.30 Å². The Bertz CT molecular complexity index is 1080. The lowest BCUT2D eigenvalue weighted by Crippen LogP contribution is -2.07. The maximum atomic E-state index is 6.03. The lowest BCUT2D eigenvalue weighted by atomic mass is 10.1. The molecule has 0 unspecified atom stereocenters. The first-order chi connectivity index (χ1) is 14.2. The number of aromatic nitrogens is 2. The second-order valence-electron chi connectivity index (χ2n) is 7.58. The van der Waals surface area contributed by atoms with Crippen LogP contribution in [-0.4, -0.2) is 16.2 Å². The molecule has 0 aliphatic carbocycles. The maximum Gasteiger partial charge on any atom is 0.122 e. The van der Waals surface area contributed by atoms with E-state index in [0.29, 0.717) is 0 Å². The highest BCUT2D eigenvalue weighted by molar-refractivity contribution is 5.76. The number of nitrogens with zero attached hydrogens (tertiary/aromatic N) is 2. The van der Waals surface area contributed by atoms with E-state index in [2.05, 4.69) is 91.2 Å². The summed E-state index contributed by atoms with van der Waals surface area (Å²) in [5.41, 5.74) is 6.09. The van der Waals surface area contributed by atoms with Gasteiger partial charge in [0.2, 0.25) is 0 Å². The van der Waals surface area contributed by atoms with Crippen LogP contribution in [0, 0.1) is 13.8 Å². The predicted molar refractivity (Wildman–Crippen MR) is 120 cm³/mol. The summed E-state index contributed by atoms with van der Waals surface area (Å²) in [6.07, 6.45) is 2.94. The van der Waals surface area contributed by atoms with Crippen LogP contribution < -0.4 is 4.74 Å². The Balaban J connectivity index is 1.42. The smallest absolute Gasteiger partial charge is 0.122 e. The summed E-state index contributed by atoms with van der Waals surface area (Å²) in [5.74, 6) is 2.13. The number of rotatable bonds is 8. The summed E-state index contributed by atoms with van der Waals surface area (Å²) in [6, 6.07) is 25.2. The van der Waals surface area contributed by atoms with Gasteiger partial charge in [-0.3, -0.25) is 0 Å². The summed E-state index contributed by atoms with van der Waals surface area (Å²) < 4.78 is 8.40. The van der Waals surface area contributed by atoms with Gasteiger partial charge >= 0.3 is 0 Å². The number of imidazole rings is 1. The minimum Gasteiger partial charge on any atom is -0.493 e. The van der Waals surface area contributed by atoms with Gasteiger partial charge in [-0.25, -0.2) is 4.98 Å². The summed E-state index contributed by atoms with van der Waals surface area (Å²) in [4.78, 5) is 4.91. The normalized spacial score (nSPS) is 11.1. The summed E-state index contributed by atoms with van der Waals surface area (Å²) in [6.45, 7) is 5.95. The number of ether oxygens (including phenoxy) is 1. The second-order valence-corrected chi connectivity index (χ2v) is 7.58. The summed E-state index contributed by atoms with van der Waals surface area (Å²) in [5, 5.41) is 0. The summed E-state index contributed by atoms with van der Waals surface area (Å²) >= 11 is 0. The van der Waals surface area contributed by atoms with Crippen LogP contribution in [0.3, 0.4) is 0 Å². The monoisotopic (exact) mass is 384 g/mol. The van der Waals surface area contributed by atoms with E-state index >= 15 is 0 Å². The number of para-hydroxylation sites is 2. The lowest BCUT2D eigenvalue weighted by Gasteiger charge is -2.12. The molecule has 0 N–H and O–H groups in total. The number of fused-ring (bicyclic) bond motifs is 1. The van der Waals surface area contributed by atoms with E-state index in [9.17, 15) is 0 Å². The van der Waals surface area contributed by atoms with E-state index in [1.54, 1.807) is 0 Å². The van der Waals surface area contributed by atoms with Crippen molar-refractivity contribution in [1.29, 1.82) is 0 Å². The van der Waals surface area contributed by atoms with E-state index < -0.39 is 0 Å². The van der Waals surface area contributed by atoms with Crippen molar-refractivity contribution < 1.29 is 4.74 Å². The van der Waals surface area contributed by atoms with Crippen LogP contribution in [0.1, 0.15) is 35.4 Å². The van der Waals surface area contributed by atoms with Crippen LogP contribution in [0.25, 0.3) is 11.0 Å². The van der Waals surface area contributed by atoms with Gasteiger partial charge in [-0.05, 0) is 61.6 Å². The molecular weight excluding hydrogens is 356 g/mol. The van der Waals surface area contributed by atoms with Gasteiger partial charge in [0.1, 0.15) is 11.6 Å². The standard InChI is InChI=1S/C26H28N2O/c1-20-11-10-16-25(21(20)2)29-18-9-8-17-28-24-15-7-6-14-23(24)27-26(28)19-22-12-4-3-5-13-22/h3-7,10-16H,8-9,17-19H2,1-2H3. The molecular formula is C26H28N2O. The third-order valence-electron chi connectivity index (χ3n) is 5.53. The Hall–Kier alpha value is -3.07. The molecule has 1 aromatic heterocycles. The van der Waals surface area contributed by atoms with Crippen molar-refractivity contribution in [3.8, 4) is 5.75 Å². The highest BCUT2D eigenvalue weighted by atomic mass is 16.5. The van der Waals surface area contributed by atoms with Gasteiger partial charge in [0, 0.05) is 13.0 Å². The average Bonchev–Trinajstić information content (AvgIpc) is 3.08. The molecule has 0 amide bonds. The predicted octanol–water partition coefficient (Wildman–Crippen LogP) is 6.10. The van der Waals surface area contributed by atoms with Crippen molar-refractivity contribution >= 4 is 11.0 Å². The molecule has 0 spiro atoms. The van der Waals surface area contributed by atoms with Crippen LogP contribution in [0.2, 0.25) is 0 Å². The van der Waals surface area contributed by atoms with Crippen molar-refractivity contribution in [2.75, 3.05) is 6.61 Å². The summed E-state index contributed by atoms with van der Waals surface area (Å²) in [7, 11) is 0. The molecule has 1 heterocycles. The van der Waals surface area contributed by atoms with Crippen molar-refractivity contribution in [3.63, 3.8) is 0 Å². The van der Waals surface area contributed by atoms with Gasteiger partial charge in [0.15, 0.2) is 0 Å². The van der Waals surface area contributed by atoms with Crippen molar-refractivity contribution in [2.24, 2.45) is 0 Å². The van der Waals surface area contributed by atoms with Crippen LogP contribution in [0.4, 0.5) is 0 Å². The van der Waals surface area contributed by atoms with Crippen LogP contribution in [0.15, 0.2) is 72.8 Å². The molecule has 0 saturated heterocycles. The second kappa shape index (κ2) is 8.95. The molecule has 4 rings (SSSR count). The number of benzene rings is 3. The van der Waals surface area contributed by atoms with Gasteiger partial charge in [-0.2, -0.15) is 0 Å². The van der Waals surface area contributed by atoms with Gasteiger partial charge in [-0.15, -0.1) is 0 Å². The average molecular weight is 385 g/mol. The minimum absolute atomic E-state index is 0.741. The van der Waals surface area contributed by atoms with Crippen molar-refractivity contribution in [2.45, 2.75) is 39.7 Å². The van der Waals surface area contributed by atoms with E-state index in [0.717, 1.165) is 49.5 Å². The number of hydrogen-bond acceptors (Lipinski definition) is 2. The largest absolute Gasteiger partial charge is 0.493 e. The highest BCUT2D eigenvalue weighted by Crippen LogP contribution is 2.22. The van der Waals surface area contributed by atoms with E-state index in [1.807, 2.05) is 0 Å². The molecule has 148 valence electrons. The minimum atomic E-state index is 0.741. The molecule has 3 aromatic carbocycles. The highest BCUT2D eigenvalue weighted by Gasteiger charge is 2.11. The first-order valence-corrected chi connectivity index (χ1v) is 10.4. The number of aryl methyl sites for hydroxylation is 2. The number of hydrogen-bond donors (Lipinski definition) is 0. The molecule has 0 bridgehead atoms. The van der Waals surface area contributed by atoms with E-state index in [4.69, 9.17) is 9.72 Å². The van der Waals surface area contributed by atoms with Crippen LogP contribution >= 0.6 is 0 Å². The van der Waals surface area contributed by atoms with Crippen LogP contribution in [-0.2, 0) is 13.0 Å². The van der Waals surface area contributed by atoms with Crippen molar-refractivity contribution in [3.05, 3.63) is 95.3 Å².